The molecule has 0 saturated heterocycles. The molecule has 0 heterocycles. The van der Waals surface area contributed by atoms with Crippen molar-refractivity contribution in [2.75, 3.05) is 0 Å². The summed E-state index contributed by atoms with van der Waals surface area (Å²) in [5.74, 6) is 0.944. The third kappa shape index (κ3) is 2.46. The smallest absolute Gasteiger partial charge is 0.0540 e. The molecule has 0 bridgehead atoms. The first-order chi connectivity index (χ1) is 5.61. The average Bonchev–Trinajstić information content (AvgIpc) is 2.04. The molecule has 0 spiro atoms. The number of hydrogen-bond acceptors (Lipinski definition) is 2. The van der Waals surface area contributed by atoms with Crippen LogP contribution >= 0.6 is 0 Å². The zero-order chi connectivity index (χ0) is 9.14. The molecule has 1 rings (SSSR count). The summed E-state index contributed by atoms with van der Waals surface area (Å²) >= 11 is 0. The van der Waals surface area contributed by atoms with Gasteiger partial charge >= 0.3 is 0 Å². The van der Waals surface area contributed by atoms with Gasteiger partial charge in [0.25, 0.3) is 0 Å². The van der Waals surface area contributed by atoms with Crippen molar-refractivity contribution in [3.05, 3.63) is 0 Å². The first-order valence-electron chi connectivity index (χ1n) is 4.97. The third-order valence-electron chi connectivity index (χ3n) is 3.18. The van der Waals surface area contributed by atoms with Crippen molar-refractivity contribution in [2.45, 2.75) is 51.7 Å². The van der Waals surface area contributed by atoms with Crippen molar-refractivity contribution in [1.82, 2.24) is 0 Å². The van der Waals surface area contributed by atoms with Gasteiger partial charge in [0.05, 0.1) is 12.2 Å². The maximum absolute atomic E-state index is 9.34. The lowest BCUT2D eigenvalue weighted by Gasteiger charge is -2.31. The maximum Gasteiger partial charge on any atom is 0.0540 e. The lowest BCUT2D eigenvalue weighted by Crippen LogP contribution is -2.27. The van der Waals surface area contributed by atoms with Crippen LogP contribution in [0.2, 0.25) is 0 Å². The molecule has 0 amide bonds. The molecule has 72 valence electrons. The summed E-state index contributed by atoms with van der Waals surface area (Å²) < 4.78 is 0. The van der Waals surface area contributed by atoms with E-state index < -0.39 is 0 Å². The topological polar surface area (TPSA) is 40.5 Å². The van der Waals surface area contributed by atoms with Crippen LogP contribution < -0.4 is 0 Å². The van der Waals surface area contributed by atoms with Crippen molar-refractivity contribution in [2.24, 2.45) is 11.8 Å². The molecule has 0 aromatic carbocycles. The van der Waals surface area contributed by atoms with Crippen molar-refractivity contribution in [1.29, 1.82) is 0 Å². The first kappa shape index (κ1) is 10.0. The van der Waals surface area contributed by atoms with Gasteiger partial charge < -0.3 is 10.2 Å². The Labute approximate surface area is 74.6 Å². The van der Waals surface area contributed by atoms with Gasteiger partial charge in [-0.2, -0.15) is 0 Å². The average molecular weight is 172 g/mol. The van der Waals surface area contributed by atoms with E-state index in [0.717, 1.165) is 25.7 Å². The van der Waals surface area contributed by atoms with Gasteiger partial charge in [0, 0.05) is 0 Å². The molecule has 1 aliphatic rings. The van der Waals surface area contributed by atoms with E-state index in [1.54, 1.807) is 0 Å². The quantitative estimate of drug-likeness (QED) is 0.663. The summed E-state index contributed by atoms with van der Waals surface area (Å²) in [5, 5.41) is 18.7. The van der Waals surface area contributed by atoms with Crippen LogP contribution in [0.3, 0.4) is 0 Å². The molecule has 0 aromatic rings. The van der Waals surface area contributed by atoms with E-state index in [9.17, 15) is 10.2 Å². The molecule has 2 N–H and O–H groups in total. The molecule has 1 fully saturated rings. The van der Waals surface area contributed by atoms with Crippen LogP contribution in [0.25, 0.3) is 0 Å². The number of aliphatic hydroxyl groups excluding tert-OH is 2. The molecule has 0 aliphatic heterocycles. The van der Waals surface area contributed by atoms with Crippen LogP contribution in [-0.2, 0) is 0 Å². The van der Waals surface area contributed by atoms with Gasteiger partial charge in [-0.25, -0.2) is 0 Å². The Bertz CT molecular complexity index is 108. The van der Waals surface area contributed by atoms with E-state index in [1.807, 2.05) is 13.8 Å². The molecule has 2 heteroatoms. The van der Waals surface area contributed by atoms with Crippen molar-refractivity contribution in [3.8, 4) is 0 Å². The molecule has 12 heavy (non-hydrogen) atoms. The molecule has 1 aliphatic carbocycles. The first-order valence-corrected chi connectivity index (χ1v) is 4.97. The van der Waals surface area contributed by atoms with E-state index in [-0.39, 0.29) is 12.2 Å². The second-order valence-electron chi connectivity index (χ2n) is 4.16. The van der Waals surface area contributed by atoms with E-state index in [2.05, 4.69) is 0 Å². The van der Waals surface area contributed by atoms with Gasteiger partial charge in [-0.15, -0.1) is 0 Å². The zero-order valence-electron chi connectivity index (χ0n) is 8.03. The Kier molecular flexibility index (Phi) is 3.53. The highest BCUT2D eigenvalue weighted by atomic mass is 16.3. The van der Waals surface area contributed by atoms with E-state index in [4.69, 9.17) is 0 Å². The second kappa shape index (κ2) is 4.24. The summed E-state index contributed by atoms with van der Waals surface area (Å²) in [5.41, 5.74) is 0. The molecule has 0 radical (unpaired) electrons. The monoisotopic (exact) mass is 172 g/mol. The van der Waals surface area contributed by atoms with Gasteiger partial charge in [-0.1, -0.05) is 0 Å². The lowest BCUT2D eigenvalue weighted by atomic mass is 9.78. The normalized spacial score (nSPS) is 36.0. The van der Waals surface area contributed by atoms with Crippen LogP contribution in [0, 0.1) is 11.8 Å². The largest absolute Gasteiger partial charge is 0.393 e. The molecular formula is C10H20O2. The number of hydrogen-bond donors (Lipinski definition) is 2. The molecule has 2 unspecified atom stereocenters. The highest BCUT2D eigenvalue weighted by Crippen LogP contribution is 2.32. The van der Waals surface area contributed by atoms with Crippen LogP contribution in [-0.4, -0.2) is 22.4 Å². The number of aliphatic hydroxyl groups is 2. The Morgan fingerprint density at radius 1 is 0.833 bits per heavy atom. The molecular weight excluding hydrogens is 152 g/mol. The highest BCUT2D eigenvalue weighted by Gasteiger charge is 2.26. The van der Waals surface area contributed by atoms with E-state index >= 15 is 0 Å². The Balaban J connectivity index is 2.30. The SMILES string of the molecule is CC(O)C1CCC(C(C)O)CC1. The minimum Gasteiger partial charge on any atom is -0.393 e. The van der Waals surface area contributed by atoms with Gasteiger partial charge in [0.15, 0.2) is 0 Å². The van der Waals surface area contributed by atoms with Crippen molar-refractivity contribution in [3.63, 3.8) is 0 Å². The third-order valence-corrected chi connectivity index (χ3v) is 3.18. The summed E-state index contributed by atoms with van der Waals surface area (Å²) in [6.45, 7) is 3.74. The van der Waals surface area contributed by atoms with Gasteiger partial charge in [0.1, 0.15) is 0 Å². The predicted octanol–water partition coefficient (Wildman–Crippen LogP) is 1.55. The van der Waals surface area contributed by atoms with E-state index in [0.29, 0.717) is 11.8 Å². The molecule has 2 nitrogen and oxygen atoms in total. The molecule has 0 aromatic heterocycles. The summed E-state index contributed by atoms with van der Waals surface area (Å²) in [4.78, 5) is 0. The second-order valence-corrected chi connectivity index (χ2v) is 4.16. The maximum atomic E-state index is 9.34. The highest BCUT2D eigenvalue weighted by molar-refractivity contribution is 4.77. The van der Waals surface area contributed by atoms with Crippen LogP contribution in [0.15, 0.2) is 0 Å². The van der Waals surface area contributed by atoms with Crippen molar-refractivity contribution >= 4 is 0 Å². The fourth-order valence-corrected chi connectivity index (χ4v) is 2.11. The Morgan fingerprint density at radius 3 is 1.25 bits per heavy atom. The summed E-state index contributed by atoms with van der Waals surface area (Å²) in [6.07, 6.45) is 3.97. The van der Waals surface area contributed by atoms with Gasteiger partial charge in [-0.3, -0.25) is 0 Å². The zero-order valence-corrected chi connectivity index (χ0v) is 8.03. The number of rotatable bonds is 2. The van der Waals surface area contributed by atoms with Gasteiger partial charge in [0.2, 0.25) is 0 Å². The minimum atomic E-state index is -0.167. The van der Waals surface area contributed by atoms with Crippen LogP contribution in [0.5, 0.6) is 0 Å². The summed E-state index contributed by atoms with van der Waals surface area (Å²) in [6, 6.07) is 0. The Hall–Kier alpha value is -0.0800. The minimum absolute atomic E-state index is 0.167. The Morgan fingerprint density at radius 2 is 1.08 bits per heavy atom. The summed E-state index contributed by atoms with van der Waals surface area (Å²) in [7, 11) is 0. The van der Waals surface area contributed by atoms with E-state index in [1.165, 1.54) is 0 Å². The molecule has 1 saturated carbocycles. The van der Waals surface area contributed by atoms with Crippen LogP contribution in [0.1, 0.15) is 39.5 Å². The lowest BCUT2D eigenvalue weighted by molar-refractivity contribution is 0.0483. The van der Waals surface area contributed by atoms with Gasteiger partial charge in [-0.05, 0) is 51.4 Å². The standard InChI is InChI=1S/C10H20O2/c1-7(11)9-3-5-10(6-4-9)8(2)12/h7-12H,3-6H2,1-2H3. The van der Waals surface area contributed by atoms with Crippen LogP contribution in [0.4, 0.5) is 0 Å². The molecule has 2 atom stereocenters. The fourth-order valence-electron chi connectivity index (χ4n) is 2.11. The van der Waals surface area contributed by atoms with Crippen molar-refractivity contribution < 1.29 is 10.2 Å². The predicted molar refractivity (Wildman–Crippen MR) is 48.8 cm³/mol. The fraction of sp³-hybridized carbons (Fsp3) is 1.00.